The fraction of sp³-hybridized carbons (Fsp3) is 0.350. The van der Waals surface area contributed by atoms with Gasteiger partial charge >= 0.3 is 0 Å². The van der Waals surface area contributed by atoms with E-state index in [1.165, 1.54) is 37.6 Å². The second-order valence-corrected chi connectivity index (χ2v) is 6.53. The zero-order valence-electron chi connectivity index (χ0n) is 15.1. The van der Waals surface area contributed by atoms with Gasteiger partial charge in [-0.25, -0.2) is 9.97 Å². The van der Waals surface area contributed by atoms with E-state index in [0.717, 1.165) is 18.7 Å². The number of aromatic nitrogens is 2. The molecule has 1 aliphatic rings. The molecule has 3 rings (SSSR count). The SMILES string of the molecule is CC(=O)c1cccc(Nc2ncnc(NCCC3=CCCCC3)c2N)c1. The number of hydrogen-bond donors (Lipinski definition) is 3. The molecule has 136 valence electrons. The van der Waals surface area contributed by atoms with Crippen LogP contribution in [0.15, 0.2) is 42.2 Å². The highest BCUT2D eigenvalue weighted by Crippen LogP contribution is 2.27. The number of nitrogens with one attached hydrogen (secondary N) is 2. The number of ketones is 1. The number of anilines is 4. The molecule has 0 atom stereocenters. The molecule has 0 bridgehead atoms. The Morgan fingerprint density at radius 2 is 2.08 bits per heavy atom. The van der Waals surface area contributed by atoms with Crippen LogP contribution in [0.4, 0.5) is 23.0 Å². The number of nitrogen functional groups attached to an aromatic ring is 1. The summed E-state index contributed by atoms with van der Waals surface area (Å²) in [6.07, 6.45) is 9.81. The van der Waals surface area contributed by atoms with Crippen LogP contribution in [0.5, 0.6) is 0 Å². The Bertz CT molecular complexity index is 816. The summed E-state index contributed by atoms with van der Waals surface area (Å²) in [5.74, 6) is 1.17. The van der Waals surface area contributed by atoms with Crippen molar-refractivity contribution in [3.63, 3.8) is 0 Å². The first-order valence-electron chi connectivity index (χ1n) is 9.04. The van der Waals surface area contributed by atoms with E-state index in [4.69, 9.17) is 5.73 Å². The molecule has 2 aromatic rings. The summed E-state index contributed by atoms with van der Waals surface area (Å²) in [5, 5.41) is 6.47. The maximum atomic E-state index is 11.5. The summed E-state index contributed by atoms with van der Waals surface area (Å²) < 4.78 is 0. The molecule has 0 unspecified atom stereocenters. The largest absolute Gasteiger partial charge is 0.393 e. The van der Waals surface area contributed by atoms with Gasteiger partial charge in [-0.2, -0.15) is 0 Å². The molecule has 0 spiro atoms. The Labute approximate surface area is 153 Å². The van der Waals surface area contributed by atoms with Crippen molar-refractivity contribution in [2.24, 2.45) is 0 Å². The highest BCUT2D eigenvalue weighted by Gasteiger charge is 2.10. The number of Topliss-reactive ketones (excluding diaryl/α,β-unsaturated/α-hetero) is 1. The second-order valence-electron chi connectivity index (χ2n) is 6.53. The molecule has 0 radical (unpaired) electrons. The van der Waals surface area contributed by atoms with E-state index in [1.807, 2.05) is 12.1 Å². The minimum absolute atomic E-state index is 0.0173. The van der Waals surface area contributed by atoms with E-state index in [0.29, 0.717) is 22.9 Å². The van der Waals surface area contributed by atoms with Crippen LogP contribution in [0.25, 0.3) is 0 Å². The molecule has 6 nitrogen and oxygen atoms in total. The fourth-order valence-electron chi connectivity index (χ4n) is 3.06. The number of carbonyl (C=O) groups is 1. The van der Waals surface area contributed by atoms with Gasteiger partial charge in [0.15, 0.2) is 17.4 Å². The average Bonchev–Trinajstić information content (AvgIpc) is 2.66. The van der Waals surface area contributed by atoms with Crippen molar-refractivity contribution in [3.05, 3.63) is 47.8 Å². The number of hydrogen-bond acceptors (Lipinski definition) is 6. The summed E-state index contributed by atoms with van der Waals surface area (Å²) >= 11 is 0. The standard InChI is InChI=1S/C20H25N5O/c1-14(26)16-8-5-9-17(12-16)25-20-18(21)19(23-13-24-20)22-11-10-15-6-3-2-4-7-15/h5-6,8-9,12-13H,2-4,7,10-11,21H2,1H3,(H2,22,23,24,25). The van der Waals surface area contributed by atoms with Crippen LogP contribution in [0.2, 0.25) is 0 Å². The molecule has 0 aliphatic heterocycles. The van der Waals surface area contributed by atoms with Crippen molar-refractivity contribution < 1.29 is 4.79 Å². The van der Waals surface area contributed by atoms with Gasteiger partial charge in [-0.1, -0.05) is 23.8 Å². The molecular formula is C20H25N5O. The van der Waals surface area contributed by atoms with Crippen molar-refractivity contribution >= 4 is 28.8 Å². The van der Waals surface area contributed by atoms with E-state index < -0.39 is 0 Å². The number of allylic oxidation sites excluding steroid dienone is 1. The lowest BCUT2D eigenvalue weighted by atomic mass is 9.97. The van der Waals surface area contributed by atoms with Gasteiger partial charge in [0.25, 0.3) is 0 Å². The summed E-state index contributed by atoms with van der Waals surface area (Å²) in [6.45, 7) is 2.34. The fourth-order valence-corrected chi connectivity index (χ4v) is 3.06. The summed E-state index contributed by atoms with van der Waals surface area (Å²) in [6, 6.07) is 7.26. The van der Waals surface area contributed by atoms with Crippen molar-refractivity contribution in [2.75, 3.05) is 22.9 Å². The first kappa shape index (κ1) is 17.9. The molecule has 0 fully saturated rings. The lowest BCUT2D eigenvalue weighted by Crippen LogP contribution is -2.10. The van der Waals surface area contributed by atoms with Gasteiger partial charge in [-0.3, -0.25) is 4.79 Å². The van der Waals surface area contributed by atoms with Crippen LogP contribution in [0.1, 0.15) is 49.4 Å². The number of nitrogens with two attached hydrogens (primary N) is 1. The molecule has 0 saturated heterocycles. The van der Waals surface area contributed by atoms with Crippen molar-refractivity contribution in [2.45, 2.75) is 39.0 Å². The zero-order valence-corrected chi connectivity index (χ0v) is 15.1. The molecule has 0 saturated carbocycles. The van der Waals surface area contributed by atoms with Gasteiger partial charge in [0.1, 0.15) is 12.0 Å². The van der Waals surface area contributed by atoms with Crippen LogP contribution < -0.4 is 16.4 Å². The minimum atomic E-state index is 0.0173. The Kier molecular flexibility index (Phi) is 5.84. The molecule has 1 aliphatic carbocycles. The molecule has 26 heavy (non-hydrogen) atoms. The van der Waals surface area contributed by atoms with E-state index in [-0.39, 0.29) is 5.78 Å². The smallest absolute Gasteiger partial charge is 0.159 e. The van der Waals surface area contributed by atoms with Crippen LogP contribution in [0, 0.1) is 0 Å². The Morgan fingerprint density at radius 3 is 2.85 bits per heavy atom. The Morgan fingerprint density at radius 1 is 1.23 bits per heavy atom. The van der Waals surface area contributed by atoms with E-state index in [9.17, 15) is 4.79 Å². The Hall–Kier alpha value is -2.89. The van der Waals surface area contributed by atoms with Gasteiger partial charge in [0, 0.05) is 17.8 Å². The third-order valence-electron chi connectivity index (χ3n) is 4.54. The molecule has 0 amide bonds. The summed E-state index contributed by atoms with van der Waals surface area (Å²) in [5.41, 5.74) is 9.60. The van der Waals surface area contributed by atoms with Crippen LogP contribution in [-0.2, 0) is 0 Å². The normalized spacial score (nSPS) is 13.8. The van der Waals surface area contributed by atoms with Crippen LogP contribution in [-0.4, -0.2) is 22.3 Å². The molecule has 1 aromatic carbocycles. The molecule has 1 aromatic heterocycles. The number of carbonyl (C=O) groups excluding carboxylic acids is 1. The average molecular weight is 351 g/mol. The lowest BCUT2D eigenvalue weighted by molar-refractivity contribution is 0.101. The van der Waals surface area contributed by atoms with Gasteiger partial charge in [-0.15, -0.1) is 0 Å². The van der Waals surface area contributed by atoms with E-state index in [1.54, 1.807) is 19.1 Å². The van der Waals surface area contributed by atoms with Gasteiger partial charge in [-0.05, 0) is 51.2 Å². The molecular weight excluding hydrogens is 326 g/mol. The van der Waals surface area contributed by atoms with Crippen LogP contribution in [0.3, 0.4) is 0 Å². The lowest BCUT2D eigenvalue weighted by Gasteiger charge is -2.15. The van der Waals surface area contributed by atoms with Gasteiger partial charge < -0.3 is 16.4 Å². The number of benzene rings is 1. The molecule has 6 heteroatoms. The monoisotopic (exact) mass is 351 g/mol. The topological polar surface area (TPSA) is 92.9 Å². The van der Waals surface area contributed by atoms with Crippen molar-refractivity contribution in [1.82, 2.24) is 9.97 Å². The number of rotatable bonds is 7. The first-order valence-corrected chi connectivity index (χ1v) is 9.04. The molecule has 4 N–H and O–H groups in total. The first-order chi connectivity index (χ1) is 12.6. The second kappa shape index (κ2) is 8.47. The van der Waals surface area contributed by atoms with E-state index in [2.05, 4.69) is 26.7 Å². The summed E-state index contributed by atoms with van der Waals surface area (Å²) in [7, 11) is 0. The van der Waals surface area contributed by atoms with Crippen molar-refractivity contribution in [3.8, 4) is 0 Å². The third-order valence-corrected chi connectivity index (χ3v) is 4.54. The van der Waals surface area contributed by atoms with Crippen LogP contribution >= 0.6 is 0 Å². The Balaban J connectivity index is 1.66. The van der Waals surface area contributed by atoms with Gasteiger partial charge in [0.2, 0.25) is 0 Å². The predicted octanol–water partition coefficient (Wildman–Crippen LogP) is 4.31. The predicted molar refractivity (Wildman–Crippen MR) is 106 cm³/mol. The number of nitrogens with zero attached hydrogens (tertiary/aromatic N) is 2. The zero-order chi connectivity index (χ0) is 18.4. The van der Waals surface area contributed by atoms with Crippen molar-refractivity contribution in [1.29, 1.82) is 0 Å². The quantitative estimate of drug-likeness (QED) is 0.508. The summed E-state index contributed by atoms with van der Waals surface area (Å²) in [4.78, 5) is 20.0. The third kappa shape index (κ3) is 4.59. The maximum Gasteiger partial charge on any atom is 0.159 e. The van der Waals surface area contributed by atoms with Gasteiger partial charge in [0.05, 0.1) is 0 Å². The minimum Gasteiger partial charge on any atom is -0.393 e. The molecule has 1 heterocycles. The highest BCUT2D eigenvalue weighted by atomic mass is 16.1. The van der Waals surface area contributed by atoms with E-state index >= 15 is 0 Å². The maximum absolute atomic E-state index is 11.5. The highest BCUT2D eigenvalue weighted by molar-refractivity contribution is 5.95.